The number of H-pyrrole nitrogens is 1. The summed E-state index contributed by atoms with van der Waals surface area (Å²) in [6.45, 7) is 1.18. The number of nitrogen functional groups attached to an aromatic ring is 1. The predicted octanol–water partition coefficient (Wildman–Crippen LogP) is 1.52. The van der Waals surface area contributed by atoms with Gasteiger partial charge in [-0.3, -0.25) is 0 Å². The molecular weight excluding hydrogens is 180 g/mol. The van der Waals surface area contributed by atoms with Crippen LogP contribution in [-0.4, -0.2) is 18.2 Å². The number of rotatable bonds is 0. The lowest BCUT2D eigenvalue weighted by Gasteiger charge is -2.18. The molecule has 1 aliphatic rings. The minimum atomic E-state index is 0.580. The summed E-state index contributed by atoms with van der Waals surface area (Å²) < 4.78 is 11.0. The largest absolute Gasteiger partial charge is 0.486 e. The Labute approximate surface area is 80.6 Å². The normalized spacial score (nSPS) is 14.6. The van der Waals surface area contributed by atoms with Gasteiger partial charge in [-0.25, -0.2) is 0 Å². The summed E-state index contributed by atoms with van der Waals surface area (Å²) in [6.07, 6.45) is 1.77. The Morgan fingerprint density at radius 3 is 3.00 bits per heavy atom. The number of nitrogens with two attached hydrogens (primary N) is 1. The fourth-order valence-corrected chi connectivity index (χ4v) is 1.75. The van der Waals surface area contributed by atoms with Crippen LogP contribution in [0.2, 0.25) is 0 Å². The molecule has 0 aliphatic carbocycles. The van der Waals surface area contributed by atoms with Crippen LogP contribution in [0.25, 0.3) is 10.9 Å². The molecule has 4 heteroatoms. The van der Waals surface area contributed by atoms with Gasteiger partial charge in [-0.05, 0) is 12.1 Å². The summed E-state index contributed by atoms with van der Waals surface area (Å²) in [6, 6.07) is 3.84. The summed E-state index contributed by atoms with van der Waals surface area (Å²) in [7, 11) is 0. The number of aromatic amines is 1. The van der Waals surface area contributed by atoms with Crippen LogP contribution >= 0.6 is 0 Å². The molecular formula is C10H10N2O2. The van der Waals surface area contributed by atoms with Gasteiger partial charge >= 0.3 is 0 Å². The zero-order chi connectivity index (χ0) is 9.54. The molecule has 2 heterocycles. The van der Waals surface area contributed by atoms with E-state index in [2.05, 4.69) is 4.98 Å². The molecule has 0 fully saturated rings. The summed E-state index contributed by atoms with van der Waals surface area (Å²) in [5.41, 5.74) is 7.51. The fourth-order valence-electron chi connectivity index (χ4n) is 1.75. The average Bonchev–Trinajstić information content (AvgIpc) is 2.61. The molecule has 4 nitrogen and oxygen atoms in total. The van der Waals surface area contributed by atoms with Gasteiger partial charge in [0.05, 0.1) is 16.6 Å². The third kappa shape index (κ3) is 0.878. The molecule has 3 rings (SSSR count). The highest BCUT2D eigenvalue weighted by Crippen LogP contribution is 2.40. The van der Waals surface area contributed by atoms with Crippen LogP contribution in [0.3, 0.4) is 0 Å². The summed E-state index contributed by atoms with van der Waals surface area (Å²) in [5, 5.41) is 0.919. The van der Waals surface area contributed by atoms with Crippen molar-refractivity contribution in [3.8, 4) is 11.5 Å². The molecule has 1 aromatic heterocycles. The maximum absolute atomic E-state index is 5.83. The Hall–Kier alpha value is -1.84. The third-order valence-electron chi connectivity index (χ3n) is 2.38. The quantitative estimate of drug-likeness (QED) is 0.662. The molecule has 0 amide bonds. The highest BCUT2D eigenvalue weighted by molar-refractivity contribution is 5.98. The van der Waals surface area contributed by atoms with E-state index in [9.17, 15) is 0 Å². The molecule has 0 unspecified atom stereocenters. The summed E-state index contributed by atoms with van der Waals surface area (Å²) in [5.74, 6) is 1.53. The van der Waals surface area contributed by atoms with Gasteiger partial charge in [0.25, 0.3) is 0 Å². The molecule has 72 valence electrons. The second kappa shape index (κ2) is 2.57. The van der Waals surface area contributed by atoms with Gasteiger partial charge in [0, 0.05) is 6.20 Å². The number of hydrogen-bond donors (Lipinski definition) is 2. The molecule has 0 radical (unpaired) electrons. The molecule has 0 saturated heterocycles. The van der Waals surface area contributed by atoms with E-state index in [1.165, 1.54) is 0 Å². The lowest BCUT2D eigenvalue weighted by atomic mass is 10.2. The standard InChI is InChI=1S/C10H10N2O2/c11-6-5-12-7-1-2-8-10(9(6)7)14-4-3-13-8/h1-2,5,12H,3-4,11H2. The van der Waals surface area contributed by atoms with E-state index in [0.29, 0.717) is 18.9 Å². The first-order valence-electron chi connectivity index (χ1n) is 4.51. The molecule has 0 atom stereocenters. The van der Waals surface area contributed by atoms with Crippen molar-refractivity contribution in [3.63, 3.8) is 0 Å². The van der Waals surface area contributed by atoms with Crippen LogP contribution in [0.15, 0.2) is 18.3 Å². The van der Waals surface area contributed by atoms with E-state index in [-0.39, 0.29) is 0 Å². The first kappa shape index (κ1) is 7.55. The van der Waals surface area contributed by atoms with Gasteiger partial charge in [-0.2, -0.15) is 0 Å². The van der Waals surface area contributed by atoms with Crippen LogP contribution in [0.5, 0.6) is 11.5 Å². The van der Waals surface area contributed by atoms with Crippen molar-refractivity contribution in [2.24, 2.45) is 0 Å². The van der Waals surface area contributed by atoms with E-state index >= 15 is 0 Å². The number of benzene rings is 1. The molecule has 0 bridgehead atoms. The molecule has 0 spiro atoms. The molecule has 1 aromatic carbocycles. The maximum atomic E-state index is 5.83. The van der Waals surface area contributed by atoms with E-state index in [1.807, 2.05) is 12.1 Å². The molecule has 1 aliphatic heterocycles. The van der Waals surface area contributed by atoms with Gasteiger partial charge in [0.2, 0.25) is 0 Å². The average molecular weight is 190 g/mol. The number of fused-ring (bicyclic) bond motifs is 3. The zero-order valence-corrected chi connectivity index (χ0v) is 7.54. The van der Waals surface area contributed by atoms with E-state index < -0.39 is 0 Å². The van der Waals surface area contributed by atoms with Gasteiger partial charge in [0.15, 0.2) is 11.5 Å². The Kier molecular flexibility index (Phi) is 1.39. The smallest absolute Gasteiger partial charge is 0.172 e. The van der Waals surface area contributed by atoms with Gasteiger partial charge in [-0.1, -0.05) is 0 Å². The second-order valence-electron chi connectivity index (χ2n) is 3.26. The SMILES string of the molecule is Nc1c[nH]c2ccc3c(c12)OCCO3. The van der Waals surface area contributed by atoms with Crippen LogP contribution in [0, 0.1) is 0 Å². The van der Waals surface area contributed by atoms with Crippen molar-refractivity contribution < 1.29 is 9.47 Å². The van der Waals surface area contributed by atoms with E-state index in [0.717, 1.165) is 22.4 Å². The lowest BCUT2D eigenvalue weighted by molar-refractivity contribution is 0.174. The minimum absolute atomic E-state index is 0.580. The minimum Gasteiger partial charge on any atom is -0.486 e. The first-order chi connectivity index (χ1) is 6.86. The van der Waals surface area contributed by atoms with Crippen LogP contribution in [-0.2, 0) is 0 Å². The van der Waals surface area contributed by atoms with E-state index in [1.54, 1.807) is 6.20 Å². The Morgan fingerprint density at radius 1 is 1.21 bits per heavy atom. The van der Waals surface area contributed by atoms with Gasteiger partial charge < -0.3 is 20.2 Å². The number of aromatic nitrogens is 1. The van der Waals surface area contributed by atoms with Crippen molar-refractivity contribution in [1.82, 2.24) is 4.98 Å². The number of hydrogen-bond acceptors (Lipinski definition) is 3. The van der Waals surface area contributed by atoms with Crippen LogP contribution in [0.1, 0.15) is 0 Å². The maximum Gasteiger partial charge on any atom is 0.172 e. The number of ether oxygens (including phenoxy) is 2. The summed E-state index contributed by atoms with van der Waals surface area (Å²) in [4.78, 5) is 3.08. The van der Waals surface area contributed by atoms with E-state index in [4.69, 9.17) is 15.2 Å². The summed E-state index contributed by atoms with van der Waals surface area (Å²) >= 11 is 0. The number of anilines is 1. The highest BCUT2D eigenvalue weighted by Gasteiger charge is 2.17. The Bertz CT molecular complexity index is 490. The van der Waals surface area contributed by atoms with Crippen molar-refractivity contribution in [2.75, 3.05) is 18.9 Å². The van der Waals surface area contributed by atoms with Crippen molar-refractivity contribution >= 4 is 16.6 Å². The van der Waals surface area contributed by atoms with Crippen molar-refractivity contribution in [2.45, 2.75) is 0 Å². The molecule has 0 saturated carbocycles. The van der Waals surface area contributed by atoms with Gasteiger partial charge in [0.1, 0.15) is 13.2 Å². The highest BCUT2D eigenvalue weighted by atomic mass is 16.6. The fraction of sp³-hybridized carbons (Fsp3) is 0.200. The lowest BCUT2D eigenvalue weighted by Crippen LogP contribution is -2.15. The van der Waals surface area contributed by atoms with Crippen molar-refractivity contribution in [3.05, 3.63) is 18.3 Å². The van der Waals surface area contributed by atoms with Crippen molar-refractivity contribution in [1.29, 1.82) is 0 Å². The predicted molar refractivity (Wildman–Crippen MR) is 53.7 cm³/mol. The monoisotopic (exact) mass is 190 g/mol. The van der Waals surface area contributed by atoms with Crippen LogP contribution < -0.4 is 15.2 Å². The van der Waals surface area contributed by atoms with Crippen LogP contribution in [0.4, 0.5) is 5.69 Å². The molecule has 2 aromatic rings. The zero-order valence-electron chi connectivity index (χ0n) is 7.54. The molecule has 14 heavy (non-hydrogen) atoms. The Morgan fingerprint density at radius 2 is 2.07 bits per heavy atom. The Balaban J connectivity index is 2.38. The topological polar surface area (TPSA) is 60.3 Å². The second-order valence-corrected chi connectivity index (χ2v) is 3.26. The number of nitrogens with one attached hydrogen (secondary N) is 1. The molecule has 3 N–H and O–H groups in total. The first-order valence-corrected chi connectivity index (χ1v) is 4.51. The van der Waals surface area contributed by atoms with Gasteiger partial charge in [-0.15, -0.1) is 0 Å². The third-order valence-corrected chi connectivity index (χ3v) is 2.38.